The number of carbonyl (C=O) groups is 1. The Labute approximate surface area is 89.6 Å². The summed E-state index contributed by atoms with van der Waals surface area (Å²) in [4.78, 5) is 11.2. The van der Waals surface area contributed by atoms with E-state index in [0.29, 0.717) is 6.54 Å². The predicted octanol–water partition coefficient (Wildman–Crippen LogP) is 1.58. The number of nitrogens with one attached hydrogen (secondary N) is 1. The summed E-state index contributed by atoms with van der Waals surface area (Å²) in [5, 5.41) is 12.4. The van der Waals surface area contributed by atoms with Crippen LogP contribution in [-0.4, -0.2) is 35.7 Å². The molecule has 0 bridgehead atoms. The van der Waals surface area contributed by atoms with Crippen LogP contribution in [0.1, 0.15) is 26.2 Å². The van der Waals surface area contributed by atoms with Crippen molar-refractivity contribution in [2.75, 3.05) is 24.6 Å². The van der Waals surface area contributed by atoms with E-state index in [-0.39, 0.29) is 0 Å². The highest BCUT2D eigenvalue weighted by Gasteiger charge is 2.38. The van der Waals surface area contributed by atoms with Crippen LogP contribution in [0.4, 0.5) is 0 Å². The molecular weight excluding hydrogens is 198 g/mol. The van der Waals surface area contributed by atoms with Gasteiger partial charge in [0, 0.05) is 6.54 Å². The quantitative estimate of drug-likeness (QED) is 0.687. The smallest absolute Gasteiger partial charge is 0.310 e. The first kappa shape index (κ1) is 11.9. The molecule has 1 unspecified atom stereocenters. The molecule has 0 aromatic rings. The molecule has 1 heterocycles. The van der Waals surface area contributed by atoms with E-state index in [1.54, 1.807) is 0 Å². The fourth-order valence-electron chi connectivity index (χ4n) is 1.88. The van der Waals surface area contributed by atoms with Crippen LogP contribution >= 0.6 is 11.8 Å². The zero-order valence-electron chi connectivity index (χ0n) is 8.71. The maximum Gasteiger partial charge on any atom is 0.310 e. The SMILES string of the molecule is CCSCCC1(C(=O)O)CCCNC1. The van der Waals surface area contributed by atoms with Gasteiger partial charge in [0.15, 0.2) is 0 Å². The van der Waals surface area contributed by atoms with Gasteiger partial charge in [0.05, 0.1) is 5.41 Å². The zero-order valence-corrected chi connectivity index (χ0v) is 9.53. The van der Waals surface area contributed by atoms with Gasteiger partial charge in [0.25, 0.3) is 0 Å². The fourth-order valence-corrected chi connectivity index (χ4v) is 2.71. The molecule has 0 aromatic heterocycles. The van der Waals surface area contributed by atoms with E-state index >= 15 is 0 Å². The van der Waals surface area contributed by atoms with Gasteiger partial charge in [-0.25, -0.2) is 0 Å². The summed E-state index contributed by atoms with van der Waals surface area (Å²) < 4.78 is 0. The van der Waals surface area contributed by atoms with Crippen molar-refractivity contribution in [2.24, 2.45) is 5.41 Å². The molecule has 1 saturated heterocycles. The molecular formula is C10H19NO2S. The Morgan fingerprint density at radius 1 is 1.64 bits per heavy atom. The van der Waals surface area contributed by atoms with Crippen molar-refractivity contribution >= 4 is 17.7 Å². The van der Waals surface area contributed by atoms with E-state index in [1.807, 2.05) is 11.8 Å². The van der Waals surface area contributed by atoms with Gasteiger partial charge in [-0.1, -0.05) is 6.92 Å². The lowest BCUT2D eigenvalue weighted by Gasteiger charge is -2.33. The van der Waals surface area contributed by atoms with Gasteiger partial charge in [0.2, 0.25) is 0 Å². The fraction of sp³-hybridized carbons (Fsp3) is 0.900. The number of hydrogen-bond donors (Lipinski definition) is 2. The van der Waals surface area contributed by atoms with Gasteiger partial charge in [0.1, 0.15) is 0 Å². The predicted molar refractivity (Wildman–Crippen MR) is 59.8 cm³/mol. The molecule has 14 heavy (non-hydrogen) atoms. The minimum atomic E-state index is -0.624. The van der Waals surface area contributed by atoms with Crippen molar-refractivity contribution in [3.05, 3.63) is 0 Å². The molecule has 2 N–H and O–H groups in total. The van der Waals surface area contributed by atoms with Crippen LogP contribution < -0.4 is 5.32 Å². The van der Waals surface area contributed by atoms with E-state index in [1.165, 1.54) is 0 Å². The number of carboxylic acids is 1. The van der Waals surface area contributed by atoms with Crippen molar-refractivity contribution in [1.82, 2.24) is 5.32 Å². The molecule has 1 aliphatic rings. The lowest BCUT2D eigenvalue weighted by Crippen LogP contribution is -2.45. The highest BCUT2D eigenvalue weighted by Crippen LogP contribution is 2.31. The second-order valence-corrected chi connectivity index (χ2v) is 5.21. The largest absolute Gasteiger partial charge is 0.481 e. The number of hydrogen-bond acceptors (Lipinski definition) is 3. The summed E-state index contributed by atoms with van der Waals surface area (Å²) in [6, 6.07) is 0. The van der Waals surface area contributed by atoms with Gasteiger partial charge in [-0.05, 0) is 37.3 Å². The molecule has 1 rings (SSSR count). The van der Waals surface area contributed by atoms with Crippen LogP contribution in [0.3, 0.4) is 0 Å². The maximum absolute atomic E-state index is 11.2. The van der Waals surface area contributed by atoms with E-state index in [4.69, 9.17) is 0 Å². The summed E-state index contributed by atoms with van der Waals surface area (Å²) in [6.45, 7) is 3.72. The van der Waals surface area contributed by atoms with Crippen molar-refractivity contribution in [3.8, 4) is 0 Å². The Bertz CT molecular complexity index is 191. The normalized spacial score (nSPS) is 27.5. The van der Waals surface area contributed by atoms with Crippen LogP contribution in [0, 0.1) is 5.41 Å². The van der Waals surface area contributed by atoms with Crippen molar-refractivity contribution < 1.29 is 9.90 Å². The highest BCUT2D eigenvalue weighted by molar-refractivity contribution is 7.99. The zero-order chi connectivity index (χ0) is 10.4. The lowest BCUT2D eigenvalue weighted by atomic mass is 9.78. The molecule has 0 radical (unpaired) electrons. The molecule has 4 heteroatoms. The molecule has 1 atom stereocenters. The van der Waals surface area contributed by atoms with Crippen LogP contribution in [0.5, 0.6) is 0 Å². The topological polar surface area (TPSA) is 49.3 Å². The van der Waals surface area contributed by atoms with Crippen LogP contribution in [0.2, 0.25) is 0 Å². The van der Waals surface area contributed by atoms with Gasteiger partial charge >= 0.3 is 5.97 Å². The van der Waals surface area contributed by atoms with Gasteiger partial charge < -0.3 is 10.4 Å². The van der Waals surface area contributed by atoms with Gasteiger partial charge in [-0.15, -0.1) is 0 Å². The molecule has 0 saturated carbocycles. The average Bonchev–Trinajstić information content (AvgIpc) is 2.19. The third-order valence-electron chi connectivity index (χ3n) is 2.86. The summed E-state index contributed by atoms with van der Waals surface area (Å²) in [5.74, 6) is 1.41. The van der Waals surface area contributed by atoms with Crippen molar-refractivity contribution in [1.29, 1.82) is 0 Å². The number of thioether (sulfide) groups is 1. The average molecular weight is 217 g/mol. The van der Waals surface area contributed by atoms with Crippen LogP contribution in [-0.2, 0) is 4.79 Å². The second kappa shape index (κ2) is 5.61. The molecule has 0 spiro atoms. The summed E-state index contributed by atoms with van der Waals surface area (Å²) >= 11 is 1.83. The van der Waals surface area contributed by atoms with Crippen LogP contribution in [0.25, 0.3) is 0 Å². The Hall–Kier alpha value is -0.220. The Kier molecular flexibility index (Phi) is 4.75. The molecule has 1 fully saturated rings. The first-order valence-corrected chi connectivity index (χ1v) is 6.38. The van der Waals surface area contributed by atoms with E-state index < -0.39 is 11.4 Å². The minimum absolute atomic E-state index is 0.486. The molecule has 3 nitrogen and oxygen atoms in total. The molecule has 1 aliphatic heterocycles. The van der Waals surface area contributed by atoms with Crippen molar-refractivity contribution in [2.45, 2.75) is 26.2 Å². The van der Waals surface area contributed by atoms with Crippen LogP contribution in [0.15, 0.2) is 0 Å². The maximum atomic E-state index is 11.2. The molecule has 0 aromatic carbocycles. The molecule has 0 amide bonds. The molecule has 0 aliphatic carbocycles. The van der Waals surface area contributed by atoms with Crippen molar-refractivity contribution in [3.63, 3.8) is 0 Å². The second-order valence-electron chi connectivity index (χ2n) is 3.81. The summed E-state index contributed by atoms with van der Waals surface area (Å²) in [5.41, 5.74) is -0.486. The first-order valence-electron chi connectivity index (χ1n) is 5.23. The van der Waals surface area contributed by atoms with Gasteiger partial charge in [-0.2, -0.15) is 11.8 Å². The van der Waals surface area contributed by atoms with E-state index in [9.17, 15) is 9.90 Å². The van der Waals surface area contributed by atoms with E-state index in [0.717, 1.165) is 37.3 Å². The lowest BCUT2D eigenvalue weighted by molar-refractivity contribution is -0.150. The number of aliphatic carboxylic acids is 1. The first-order chi connectivity index (χ1) is 6.71. The third-order valence-corrected chi connectivity index (χ3v) is 3.76. The number of piperidine rings is 1. The van der Waals surface area contributed by atoms with Gasteiger partial charge in [-0.3, -0.25) is 4.79 Å². The minimum Gasteiger partial charge on any atom is -0.481 e. The summed E-state index contributed by atoms with van der Waals surface area (Å²) in [6.07, 6.45) is 2.62. The van der Waals surface area contributed by atoms with E-state index in [2.05, 4.69) is 12.2 Å². The number of rotatable bonds is 5. The Morgan fingerprint density at radius 2 is 2.43 bits per heavy atom. The Morgan fingerprint density at radius 3 is 2.93 bits per heavy atom. The monoisotopic (exact) mass is 217 g/mol. The number of carboxylic acid groups (broad SMARTS) is 1. The standard InChI is InChI=1S/C10H19NO2S/c1-2-14-7-5-10(9(12)13)4-3-6-11-8-10/h11H,2-8H2,1H3,(H,12,13). The highest BCUT2D eigenvalue weighted by atomic mass is 32.2. The Balaban J connectivity index is 2.47. The molecule has 82 valence electrons. The third kappa shape index (κ3) is 2.89. The summed E-state index contributed by atoms with van der Waals surface area (Å²) in [7, 11) is 0.